The molecule has 4 N–H and O–H groups in total. The number of hydrogen-bond acceptors (Lipinski definition) is 4. The van der Waals surface area contributed by atoms with E-state index in [1.54, 1.807) is 0 Å². The predicted octanol–water partition coefficient (Wildman–Crippen LogP) is 1.39. The minimum Gasteiger partial charge on any atom is -0.360 e. The highest BCUT2D eigenvalue weighted by molar-refractivity contribution is 7.81. The lowest BCUT2D eigenvalue weighted by atomic mass is 10.1. The van der Waals surface area contributed by atoms with Crippen molar-refractivity contribution in [3.63, 3.8) is 0 Å². The van der Waals surface area contributed by atoms with Crippen molar-refractivity contribution in [2.24, 2.45) is 5.84 Å². The Kier molecular flexibility index (Phi) is 3.59. The molecule has 0 fully saturated rings. The molecule has 0 aromatic heterocycles. The molecular weight excluding hydrogens is 182 g/mol. The van der Waals surface area contributed by atoms with Gasteiger partial charge in [-0.25, -0.2) is 5.43 Å². The Morgan fingerprint density at radius 2 is 2.08 bits per heavy atom. The zero-order chi connectivity index (χ0) is 9.84. The summed E-state index contributed by atoms with van der Waals surface area (Å²) in [6.45, 7) is 4.09. The largest absolute Gasteiger partial charge is 0.360 e. The van der Waals surface area contributed by atoms with Crippen LogP contribution in [0.25, 0.3) is 0 Å². The van der Waals surface area contributed by atoms with Crippen LogP contribution in [0.4, 0.5) is 5.69 Å². The molecule has 0 amide bonds. The number of aryl methyl sites for hydroxylation is 2. The van der Waals surface area contributed by atoms with Gasteiger partial charge in [0.05, 0.1) is 0 Å². The first-order chi connectivity index (χ1) is 6.13. The summed E-state index contributed by atoms with van der Waals surface area (Å²) in [5, 5.41) is 3.13. The Morgan fingerprint density at radius 3 is 2.69 bits per heavy atom. The molecule has 3 nitrogen and oxygen atoms in total. The summed E-state index contributed by atoms with van der Waals surface area (Å²) in [6, 6.07) is 6.20. The fourth-order valence-electron chi connectivity index (χ4n) is 1.08. The van der Waals surface area contributed by atoms with E-state index in [0.29, 0.717) is 0 Å². The second-order valence-electron chi connectivity index (χ2n) is 3.03. The van der Waals surface area contributed by atoms with E-state index in [4.69, 9.17) is 5.84 Å². The molecule has 0 saturated heterocycles. The molecule has 0 aliphatic heterocycles. The highest BCUT2D eigenvalue weighted by Gasteiger charge is 2.01. The molecule has 72 valence electrons. The van der Waals surface area contributed by atoms with Crippen molar-refractivity contribution in [3.8, 4) is 0 Å². The number of benzene rings is 1. The first-order valence-electron chi connectivity index (χ1n) is 4.11. The monoisotopic (exact) mass is 197 g/mol. The number of hydrogen-bond donors (Lipinski definition) is 4. The molecule has 0 heterocycles. The standard InChI is InChI=1S/C9H15N3S/c1-6-3-4-7(2)8(5-6)11-9(13)12-10/h3-5,9,11-13H,10H2,1-2H3. The Hall–Kier alpha value is -0.710. The van der Waals surface area contributed by atoms with Crippen LogP contribution in [0, 0.1) is 13.8 Å². The maximum atomic E-state index is 5.22. The van der Waals surface area contributed by atoms with Crippen molar-refractivity contribution in [2.75, 3.05) is 5.32 Å². The summed E-state index contributed by atoms with van der Waals surface area (Å²) in [5.41, 5.74) is 5.74. The number of nitrogens with two attached hydrogens (primary N) is 1. The van der Waals surface area contributed by atoms with E-state index in [-0.39, 0.29) is 5.50 Å². The summed E-state index contributed by atoms with van der Waals surface area (Å²) >= 11 is 4.18. The van der Waals surface area contributed by atoms with E-state index in [2.05, 4.69) is 41.6 Å². The lowest BCUT2D eigenvalue weighted by molar-refractivity contribution is 0.748. The van der Waals surface area contributed by atoms with E-state index < -0.39 is 0 Å². The molecule has 4 heteroatoms. The van der Waals surface area contributed by atoms with E-state index in [1.807, 2.05) is 13.8 Å². The van der Waals surface area contributed by atoms with Crippen LogP contribution in [0.1, 0.15) is 11.1 Å². The lowest BCUT2D eigenvalue weighted by Crippen LogP contribution is -2.36. The smallest absolute Gasteiger partial charge is 0.135 e. The molecule has 1 aromatic carbocycles. The van der Waals surface area contributed by atoms with Gasteiger partial charge in [-0.05, 0) is 31.0 Å². The third-order valence-corrected chi connectivity index (χ3v) is 2.12. The molecule has 1 aromatic rings. The van der Waals surface area contributed by atoms with E-state index in [9.17, 15) is 0 Å². The Bertz CT molecular complexity index is 288. The van der Waals surface area contributed by atoms with E-state index >= 15 is 0 Å². The maximum Gasteiger partial charge on any atom is 0.135 e. The van der Waals surface area contributed by atoms with E-state index in [1.165, 1.54) is 11.1 Å². The molecule has 13 heavy (non-hydrogen) atoms. The second kappa shape index (κ2) is 4.50. The minimum atomic E-state index is -0.222. The Labute approximate surface area is 84.1 Å². The molecule has 0 spiro atoms. The second-order valence-corrected chi connectivity index (χ2v) is 3.55. The van der Waals surface area contributed by atoms with Crippen LogP contribution in [0.3, 0.4) is 0 Å². The molecule has 0 radical (unpaired) electrons. The molecule has 0 aliphatic carbocycles. The molecule has 0 bridgehead atoms. The van der Waals surface area contributed by atoms with Gasteiger partial charge in [-0.3, -0.25) is 5.84 Å². The van der Waals surface area contributed by atoms with Gasteiger partial charge >= 0.3 is 0 Å². The summed E-state index contributed by atoms with van der Waals surface area (Å²) in [6.07, 6.45) is 0. The van der Waals surface area contributed by atoms with Gasteiger partial charge in [-0.1, -0.05) is 12.1 Å². The van der Waals surface area contributed by atoms with Crippen LogP contribution in [-0.2, 0) is 0 Å². The first-order valence-corrected chi connectivity index (χ1v) is 4.63. The number of anilines is 1. The fraction of sp³-hybridized carbons (Fsp3) is 0.333. The summed E-state index contributed by atoms with van der Waals surface area (Å²) in [4.78, 5) is 0. The van der Waals surface area contributed by atoms with Crippen LogP contribution >= 0.6 is 12.6 Å². The van der Waals surface area contributed by atoms with Crippen molar-refractivity contribution >= 4 is 18.3 Å². The molecule has 0 saturated carbocycles. The van der Waals surface area contributed by atoms with Gasteiger partial charge < -0.3 is 5.32 Å². The van der Waals surface area contributed by atoms with Crippen molar-refractivity contribution in [1.82, 2.24) is 5.43 Å². The van der Waals surface area contributed by atoms with Crippen LogP contribution < -0.4 is 16.6 Å². The van der Waals surface area contributed by atoms with Gasteiger partial charge in [0.15, 0.2) is 0 Å². The van der Waals surface area contributed by atoms with Crippen LogP contribution in [0.5, 0.6) is 0 Å². The topological polar surface area (TPSA) is 50.1 Å². The SMILES string of the molecule is Cc1ccc(C)c(NC(S)NN)c1. The summed E-state index contributed by atoms with van der Waals surface area (Å²) < 4.78 is 0. The van der Waals surface area contributed by atoms with Gasteiger partial charge in [-0.15, -0.1) is 12.6 Å². The van der Waals surface area contributed by atoms with Gasteiger partial charge in [-0.2, -0.15) is 0 Å². The number of hydrazine groups is 1. The van der Waals surface area contributed by atoms with Crippen LogP contribution in [0.15, 0.2) is 18.2 Å². The third-order valence-electron chi connectivity index (χ3n) is 1.84. The lowest BCUT2D eigenvalue weighted by Gasteiger charge is -2.15. The average molecular weight is 197 g/mol. The molecular formula is C9H15N3S. The normalized spacial score (nSPS) is 12.6. The molecule has 1 unspecified atom stereocenters. The first kappa shape index (κ1) is 10.4. The minimum absolute atomic E-state index is 0.222. The van der Waals surface area contributed by atoms with Gasteiger partial charge in [0.25, 0.3) is 0 Å². The summed E-state index contributed by atoms with van der Waals surface area (Å²) in [7, 11) is 0. The van der Waals surface area contributed by atoms with Crippen LogP contribution in [-0.4, -0.2) is 5.50 Å². The van der Waals surface area contributed by atoms with Gasteiger partial charge in [0.1, 0.15) is 5.50 Å². The van der Waals surface area contributed by atoms with Crippen molar-refractivity contribution in [2.45, 2.75) is 19.3 Å². The van der Waals surface area contributed by atoms with Crippen molar-refractivity contribution in [1.29, 1.82) is 0 Å². The maximum absolute atomic E-state index is 5.22. The fourth-order valence-corrected chi connectivity index (χ4v) is 1.22. The Morgan fingerprint density at radius 1 is 1.38 bits per heavy atom. The number of thiol groups is 1. The zero-order valence-electron chi connectivity index (χ0n) is 7.83. The average Bonchev–Trinajstić information content (AvgIpc) is 2.11. The van der Waals surface area contributed by atoms with Crippen molar-refractivity contribution < 1.29 is 0 Å². The number of nitrogens with one attached hydrogen (secondary N) is 2. The predicted molar refractivity (Wildman–Crippen MR) is 59.6 cm³/mol. The zero-order valence-corrected chi connectivity index (χ0v) is 8.73. The molecule has 0 aliphatic rings. The van der Waals surface area contributed by atoms with E-state index in [0.717, 1.165) is 5.69 Å². The third kappa shape index (κ3) is 2.91. The van der Waals surface area contributed by atoms with Gasteiger partial charge in [0.2, 0.25) is 0 Å². The Balaban J connectivity index is 2.81. The van der Waals surface area contributed by atoms with Gasteiger partial charge in [0, 0.05) is 5.69 Å². The summed E-state index contributed by atoms with van der Waals surface area (Å²) in [5.74, 6) is 5.22. The highest BCUT2D eigenvalue weighted by Crippen LogP contribution is 2.17. The molecule has 1 atom stereocenters. The number of rotatable bonds is 3. The highest BCUT2D eigenvalue weighted by atomic mass is 32.1. The quantitative estimate of drug-likeness (QED) is 0.256. The molecule has 1 rings (SSSR count). The van der Waals surface area contributed by atoms with Crippen LogP contribution in [0.2, 0.25) is 0 Å². The van der Waals surface area contributed by atoms with Crippen molar-refractivity contribution in [3.05, 3.63) is 29.3 Å².